The number of pyridine rings is 3. The Kier molecular flexibility index (Phi) is 19.8. The number of hydrogen-bond donors (Lipinski definition) is 6. The zero-order valence-corrected chi connectivity index (χ0v) is 47.7. The van der Waals surface area contributed by atoms with Gasteiger partial charge in [-0.15, -0.1) is 0 Å². The van der Waals surface area contributed by atoms with E-state index in [0.717, 1.165) is 91.5 Å². The number of aromatic carboxylic acids is 1. The molecule has 0 spiro atoms. The maximum atomic E-state index is 13.1. The minimum atomic E-state index is -4.62. The molecule has 0 aliphatic carbocycles. The molecule has 6 heterocycles. The van der Waals surface area contributed by atoms with Crippen LogP contribution in [0.5, 0.6) is 0 Å². The summed E-state index contributed by atoms with van der Waals surface area (Å²) in [7, 11) is 1.37. The number of methoxy groups -OCH3 is 1. The van der Waals surface area contributed by atoms with Crippen molar-refractivity contribution in [3.63, 3.8) is 0 Å². The van der Waals surface area contributed by atoms with Crippen molar-refractivity contribution in [2.24, 2.45) is 0 Å². The lowest BCUT2D eigenvalue weighted by Crippen LogP contribution is -2.13. The lowest BCUT2D eigenvalue weighted by Gasteiger charge is -2.12. The number of carboxylic acid groups (broad SMARTS) is 1. The first-order valence-corrected chi connectivity index (χ1v) is 26.5. The molecule has 87 heavy (non-hydrogen) atoms. The van der Waals surface area contributed by atoms with Gasteiger partial charge in [0.1, 0.15) is 17.5 Å². The fourth-order valence-electron chi connectivity index (χ4n) is 8.36. The number of hydrogen-bond acceptors (Lipinski definition) is 11. The second kappa shape index (κ2) is 27.5. The van der Waals surface area contributed by atoms with E-state index in [2.05, 4.69) is 50.2 Å². The van der Waals surface area contributed by atoms with E-state index in [0.29, 0.717) is 22.9 Å². The number of carbonyl (C=O) groups is 3. The number of imidazole rings is 3. The summed E-state index contributed by atoms with van der Waals surface area (Å²) in [5.41, 5.74) is 14.7. The van der Waals surface area contributed by atoms with Crippen LogP contribution >= 0.6 is 23.2 Å². The molecule has 0 fully saturated rings. The number of alkyl halides is 6. The average molecular weight is 1230 g/mol. The van der Waals surface area contributed by atoms with Crippen LogP contribution in [0.4, 0.5) is 37.7 Å². The van der Waals surface area contributed by atoms with E-state index in [-0.39, 0.29) is 33.5 Å². The van der Waals surface area contributed by atoms with Crippen LogP contribution in [0.2, 0.25) is 10.0 Å². The molecule has 0 atom stereocenters. The second-order valence-electron chi connectivity index (χ2n) is 18.9. The maximum absolute atomic E-state index is 13.1. The summed E-state index contributed by atoms with van der Waals surface area (Å²) in [4.78, 5) is 70.5. The number of carbonyl (C=O) groups excluding carboxylic acids is 2. The van der Waals surface area contributed by atoms with Crippen molar-refractivity contribution in [3.05, 3.63) is 238 Å². The molecular weight excluding hydrogens is 1180 g/mol. The Balaban J connectivity index is 0.000000158. The normalized spacial score (nSPS) is 11.0. The molecular formula is C63H49Cl2F6N11O5. The third kappa shape index (κ3) is 16.1. The maximum Gasteiger partial charge on any atom is 0.417 e. The quantitative estimate of drug-likeness (QED) is 0.0425. The van der Waals surface area contributed by atoms with Gasteiger partial charge in [0.2, 0.25) is 0 Å². The molecule has 0 unspecified atom stereocenters. The van der Waals surface area contributed by atoms with Crippen molar-refractivity contribution >= 4 is 52.4 Å². The van der Waals surface area contributed by atoms with Gasteiger partial charge < -0.3 is 35.8 Å². The first-order valence-electron chi connectivity index (χ1n) is 25.8. The molecule has 24 heteroatoms. The highest BCUT2D eigenvalue weighted by Gasteiger charge is 2.34. The topological polar surface area (TPSA) is 243 Å². The highest BCUT2D eigenvalue weighted by atomic mass is 35.5. The van der Waals surface area contributed by atoms with E-state index in [1.807, 2.05) is 63.2 Å². The zero-order valence-electron chi connectivity index (χ0n) is 46.2. The number of amides is 1. The van der Waals surface area contributed by atoms with Crippen LogP contribution in [0.25, 0.3) is 67.9 Å². The van der Waals surface area contributed by atoms with Crippen LogP contribution in [-0.4, -0.2) is 74.9 Å². The van der Waals surface area contributed by atoms with E-state index in [4.69, 9.17) is 38.8 Å². The van der Waals surface area contributed by atoms with Crippen LogP contribution in [0.3, 0.4) is 0 Å². The third-order valence-corrected chi connectivity index (χ3v) is 13.5. The highest BCUT2D eigenvalue weighted by molar-refractivity contribution is 6.32. The molecule has 16 nitrogen and oxygen atoms in total. The summed E-state index contributed by atoms with van der Waals surface area (Å²) in [6, 6.07) is 33.2. The number of nitrogen functional groups attached to an aromatic ring is 1. The average Bonchev–Trinajstić information content (AvgIpc) is 2.75. The van der Waals surface area contributed by atoms with Gasteiger partial charge in [-0.25, -0.2) is 24.5 Å². The highest BCUT2D eigenvalue weighted by Crippen LogP contribution is 2.38. The standard InChI is InChI=1S/C23H16ClF3N4O.C17H15N3O2.C16H13N3O2.C7H5ClF3N/c1-13-4-5-14(22(32)30-16-6-7-19(24)18(10-16)23(25,26)27)9-17(13)20-12-29-21(31-20)15-3-2-8-28-11-15;1-11-5-6-12(17(21)22-2)8-14(11)15-10-19-16(20-15)13-4-3-7-18-9-13;1-10-4-5-11(16(20)21)7-13(10)14-9-18-15(19-14)12-3-2-6-17-8-12;8-6-2-1-4(12)3-5(6)7(9,10)11/h2-12H,1H3,(H,29,31)(H,30,32);3-10H,1-2H3,(H,19,20);2-9H,1H3,(H,18,19)(H,20,21);1-3H,12H2. The molecule has 442 valence electrons. The van der Waals surface area contributed by atoms with Gasteiger partial charge in [0.25, 0.3) is 5.91 Å². The number of nitrogens with zero attached hydrogens (tertiary/aromatic N) is 6. The summed E-state index contributed by atoms with van der Waals surface area (Å²) in [6.07, 6.45) is 6.30. The number of rotatable bonds is 10. The van der Waals surface area contributed by atoms with Crippen molar-refractivity contribution < 1.29 is 50.6 Å². The van der Waals surface area contributed by atoms with Gasteiger partial charge in [-0.1, -0.05) is 41.4 Å². The van der Waals surface area contributed by atoms with E-state index >= 15 is 0 Å². The number of ether oxygens (including phenoxy) is 1. The Labute approximate surface area is 502 Å². The third-order valence-electron chi connectivity index (χ3n) is 12.9. The molecule has 11 aromatic rings. The molecule has 0 aliphatic rings. The number of H-pyrrole nitrogens is 3. The number of nitrogens with one attached hydrogen (secondary N) is 4. The fraction of sp³-hybridized carbons (Fsp3) is 0.0952. The summed E-state index contributed by atoms with van der Waals surface area (Å²) in [5.74, 6) is 0.234. The van der Waals surface area contributed by atoms with Crippen molar-refractivity contribution in [2.75, 3.05) is 18.2 Å². The minimum absolute atomic E-state index is 0.00532. The van der Waals surface area contributed by atoms with E-state index < -0.39 is 40.4 Å². The van der Waals surface area contributed by atoms with E-state index in [1.54, 1.807) is 104 Å². The number of aromatic amines is 3. The molecule has 0 bridgehead atoms. The molecule has 0 saturated carbocycles. The summed E-state index contributed by atoms with van der Waals surface area (Å²) in [6.45, 7) is 5.81. The van der Waals surface area contributed by atoms with Gasteiger partial charge >= 0.3 is 24.3 Å². The Morgan fingerprint density at radius 1 is 0.517 bits per heavy atom. The Morgan fingerprint density at radius 2 is 0.908 bits per heavy atom. The predicted octanol–water partition coefficient (Wildman–Crippen LogP) is 15.7. The Bertz CT molecular complexity index is 4220. The number of benzene rings is 5. The SMILES string of the molecule is COC(=O)c1ccc(C)c(-c2cnc(-c3cccnc3)[nH]2)c1.Cc1ccc(C(=O)Nc2ccc(Cl)c(C(F)(F)F)c2)cc1-c1cnc(-c2cccnc2)[nH]1.Cc1ccc(C(=O)O)cc1-c1cnc(-c2cccnc2)[nH]1.Nc1ccc(Cl)c(C(F)(F)F)c1. The van der Waals surface area contributed by atoms with Crippen molar-refractivity contribution in [3.8, 4) is 67.9 Å². The molecule has 6 aromatic heterocycles. The van der Waals surface area contributed by atoms with Crippen LogP contribution < -0.4 is 11.1 Å². The summed E-state index contributed by atoms with van der Waals surface area (Å²) in [5, 5.41) is 10.8. The largest absolute Gasteiger partial charge is 0.478 e. The van der Waals surface area contributed by atoms with Gasteiger partial charge in [0.05, 0.1) is 75.1 Å². The molecule has 11 rings (SSSR count). The lowest BCUT2D eigenvalue weighted by atomic mass is 10.0. The fourth-order valence-corrected chi connectivity index (χ4v) is 8.81. The molecule has 0 saturated heterocycles. The number of carboxylic acids is 1. The molecule has 0 radical (unpaired) electrons. The second-order valence-corrected chi connectivity index (χ2v) is 19.7. The van der Waals surface area contributed by atoms with Crippen molar-refractivity contribution in [1.82, 2.24) is 44.9 Å². The summed E-state index contributed by atoms with van der Waals surface area (Å²) < 4.78 is 80.3. The van der Waals surface area contributed by atoms with Gasteiger partial charge in [0, 0.05) is 87.5 Å². The molecule has 1 amide bonds. The number of aromatic nitrogens is 9. The Morgan fingerprint density at radius 3 is 1.30 bits per heavy atom. The van der Waals surface area contributed by atoms with Gasteiger partial charge in [-0.05, 0) is 147 Å². The predicted molar refractivity (Wildman–Crippen MR) is 320 cm³/mol. The Hall–Kier alpha value is -10.5. The zero-order chi connectivity index (χ0) is 62.6. The van der Waals surface area contributed by atoms with E-state index in [1.165, 1.54) is 19.2 Å². The first kappa shape index (κ1) is 62.6. The molecule has 5 aromatic carbocycles. The van der Waals surface area contributed by atoms with Gasteiger partial charge in [-0.3, -0.25) is 19.7 Å². The van der Waals surface area contributed by atoms with Crippen LogP contribution in [0.15, 0.2) is 183 Å². The van der Waals surface area contributed by atoms with E-state index in [9.17, 15) is 40.7 Å². The number of aryl methyl sites for hydroxylation is 3. The first-order chi connectivity index (χ1) is 41.5. The van der Waals surface area contributed by atoms with Crippen LogP contribution in [0.1, 0.15) is 58.9 Å². The number of anilines is 2. The lowest BCUT2D eigenvalue weighted by molar-refractivity contribution is -0.138. The minimum Gasteiger partial charge on any atom is -0.478 e. The number of esters is 1. The summed E-state index contributed by atoms with van der Waals surface area (Å²) >= 11 is 10.9. The number of halogens is 8. The van der Waals surface area contributed by atoms with Crippen molar-refractivity contribution in [2.45, 2.75) is 33.1 Å². The van der Waals surface area contributed by atoms with Crippen LogP contribution in [-0.2, 0) is 17.1 Å². The van der Waals surface area contributed by atoms with Crippen LogP contribution in [0, 0.1) is 20.8 Å². The smallest absolute Gasteiger partial charge is 0.417 e. The van der Waals surface area contributed by atoms with Gasteiger partial charge in [-0.2, -0.15) is 26.3 Å². The molecule has 7 N–H and O–H groups in total. The van der Waals surface area contributed by atoms with Gasteiger partial charge in [0.15, 0.2) is 0 Å². The monoisotopic (exact) mass is 1220 g/mol. The van der Waals surface area contributed by atoms with Crippen molar-refractivity contribution in [1.29, 1.82) is 0 Å². The molecule has 0 aliphatic heterocycles. The number of nitrogens with two attached hydrogens (primary N) is 1.